The highest BCUT2D eigenvalue weighted by atomic mass is 16.5. The number of nitrogens with zero attached hydrogens (tertiary/aromatic N) is 3. The molecule has 1 fully saturated rings. The molecular weight excluding hydrogens is 444 g/mol. The van der Waals surface area contributed by atoms with E-state index < -0.39 is 0 Å². The fourth-order valence-corrected chi connectivity index (χ4v) is 4.89. The van der Waals surface area contributed by atoms with Crippen molar-refractivity contribution in [1.29, 1.82) is 0 Å². The first-order chi connectivity index (χ1) is 17.0. The molecule has 1 saturated heterocycles. The molecule has 0 unspecified atom stereocenters. The summed E-state index contributed by atoms with van der Waals surface area (Å²) in [6, 6.07) is 12.4. The second kappa shape index (κ2) is 10.8. The minimum absolute atomic E-state index is 0.0789. The zero-order valence-electron chi connectivity index (χ0n) is 20.8. The van der Waals surface area contributed by atoms with Gasteiger partial charge in [-0.2, -0.15) is 0 Å². The van der Waals surface area contributed by atoms with Crippen LogP contribution in [0.4, 0.5) is 17.1 Å². The number of benzene rings is 2. The third-order valence-corrected chi connectivity index (χ3v) is 6.68. The monoisotopic (exact) mass is 478 g/mol. The number of carbonyl (C=O) groups is 3. The summed E-state index contributed by atoms with van der Waals surface area (Å²) in [7, 11) is 0. The van der Waals surface area contributed by atoms with Crippen LogP contribution in [0.2, 0.25) is 0 Å². The first-order valence-electron chi connectivity index (χ1n) is 12.5. The highest BCUT2D eigenvalue weighted by Gasteiger charge is 2.40. The van der Waals surface area contributed by atoms with Gasteiger partial charge in [0.1, 0.15) is 18.3 Å². The third kappa shape index (κ3) is 5.11. The highest BCUT2D eigenvalue weighted by molar-refractivity contribution is 6.11. The van der Waals surface area contributed by atoms with Gasteiger partial charge >= 0.3 is 0 Å². The SMILES string of the molecule is CCOc1ccc(NC(=O)CN2C(=O)[C@H]3CCCCN3c3ccc(C(=O)N(CC)CC)cc32)cc1. The fraction of sp³-hybridized carbons (Fsp3) is 0.444. The molecule has 3 amide bonds. The van der Waals surface area contributed by atoms with E-state index in [4.69, 9.17) is 4.74 Å². The summed E-state index contributed by atoms with van der Waals surface area (Å²) in [6.07, 6.45) is 2.75. The molecule has 2 aromatic rings. The second-order valence-corrected chi connectivity index (χ2v) is 8.82. The second-order valence-electron chi connectivity index (χ2n) is 8.82. The third-order valence-electron chi connectivity index (χ3n) is 6.68. The van der Waals surface area contributed by atoms with Crippen LogP contribution in [-0.2, 0) is 9.59 Å². The van der Waals surface area contributed by atoms with Crippen molar-refractivity contribution in [3.63, 3.8) is 0 Å². The molecule has 8 nitrogen and oxygen atoms in total. The molecule has 0 aromatic heterocycles. The molecule has 2 aliphatic heterocycles. The predicted octanol–water partition coefficient (Wildman–Crippen LogP) is 3.91. The molecule has 2 aromatic carbocycles. The van der Waals surface area contributed by atoms with E-state index in [2.05, 4.69) is 10.2 Å². The number of nitrogens with one attached hydrogen (secondary N) is 1. The molecule has 1 atom stereocenters. The number of rotatable bonds is 8. The number of ether oxygens (including phenoxy) is 1. The Labute approximate surface area is 206 Å². The average molecular weight is 479 g/mol. The van der Waals surface area contributed by atoms with Crippen LogP contribution >= 0.6 is 0 Å². The number of amides is 3. The number of piperidine rings is 1. The minimum atomic E-state index is -0.293. The molecule has 2 aliphatic rings. The largest absolute Gasteiger partial charge is 0.494 e. The molecule has 2 heterocycles. The number of carbonyl (C=O) groups excluding carboxylic acids is 3. The van der Waals surface area contributed by atoms with Gasteiger partial charge in [-0.3, -0.25) is 19.3 Å². The number of anilines is 3. The lowest BCUT2D eigenvalue weighted by molar-refractivity contribution is -0.123. The summed E-state index contributed by atoms with van der Waals surface area (Å²) in [4.78, 5) is 45.0. The maximum Gasteiger partial charge on any atom is 0.253 e. The van der Waals surface area contributed by atoms with Crippen LogP contribution in [0.15, 0.2) is 42.5 Å². The molecule has 186 valence electrons. The van der Waals surface area contributed by atoms with E-state index in [1.54, 1.807) is 40.1 Å². The Morgan fingerprint density at radius 2 is 1.77 bits per heavy atom. The van der Waals surface area contributed by atoms with Crippen molar-refractivity contribution in [2.24, 2.45) is 0 Å². The van der Waals surface area contributed by atoms with Gasteiger partial charge in [0.05, 0.1) is 18.0 Å². The van der Waals surface area contributed by atoms with Crippen molar-refractivity contribution in [1.82, 2.24) is 4.90 Å². The standard InChI is InChI=1S/C27H34N4O4/c1-4-29(5-2)26(33)19-10-15-22-24(17-19)31(27(34)23-9-7-8-16-30(22)23)18-25(32)28-20-11-13-21(14-12-20)35-6-3/h10-15,17,23H,4-9,16,18H2,1-3H3,(H,28,32)/t23-/m1/s1. The Hall–Kier alpha value is -3.55. The van der Waals surface area contributed by atoms with E-state index >= 15 is 0 Å². The molecule has 8 heteroatoms. The Morgan fingerprint density at radius 3 is 2.46 bits per heavy atom. The van der Waals surface area contributed by atoms with E-state index in [1.165, 1.54) is 0 Å². The smallest absolute Gasteiger partial charge is 0.253 e. The number of hydrogen-bond donors (Lipinski definition) is 1. The van der Waals surface area contributed by atoms with Crippen LogP contribution in [0.5, 0.6) is 5.75 Å². The van der Waals surface area contributed by atoms with Crippen LogP contribution in [0.25, 0.3) is 0 Å². The minimum Gasteiger partial charge on any atom is -0.494 e. The lowest BCUT2D eigenvalue weighted by Gasteiger charge is -2.45. The van der Waals surface area contributed by atoms with Crippen LogP contribution in [0, 0.1) is 0 Å². The van der Waals surface area contributed by atoms with Gasteiger partial charge < -0.3 is 19.9 Å². The molecule has 1 N–H and O–H groups in total. The van der Waals surface area contributed by atoms with Crippen molar-refractivity contribution in [3.8, 4) is 5.75 Å². The topological polar surface area (TPSA) is 82.2 Å². The van der Waals surface area contributed by atoms with Gasteiger partial charge in [-0.05, 0) is 82.5 Å². The van der Waals surface area contributed by atoms with Crippen LogP contribution < -0.4 is 19.9 Å². The van der Waals surface area contributed by atoms with Gasteiger partial charge in [0.15, 0.2) is 0 Å². The lowest BCUT2D eigenvalue weighted by Crippen LogP contribution is -2.56. The van der Waals surface area contributed by atoms with E-state index in [0.29, 0.717) is 36.6 Å². The Balaban J connectivity index is 1.61. The lowest BCUT2D eigenvalue weighted by atomic mass is 9.95. The van der Waals surface area contributed by atoms with Crippen LogP contribution in [-0.4, -0.2) is 61.4 Å². The first kappa shape index (κ1) is 24.6. The van der Waals surface area contributed by atoms with Crippen LogP contribution in [0.3, 0.4) is 0 Å². The molecule has 0 aliphatic carbocycles. The van der Waals surface area contributed by atoms with Gasteiger partial charge in [-0.25, -0.2) is 0 Å². The molecule has 0 radical (unpaired) electrons. The van der Waals surface area contributed by atoms with Crippen molar-refractivity contribution >= 4 is 34.8 Å². The Kier molecular flexibility index (Phi) is 7.58. The first-order valence-corrected chi connectivity index (χ1v) is 12.5. The highest BCUT2D eigenvalue weighted by Crippen LogP contribution is 2.40. The van der Waals surface area contributed by atoms with E-state index in [9.17, 15) is 14.4 Å². The summed E-state index contributed by atoms with van der Waals surface area (Å²) in [5.41, 5.74) is 2.67. The normalized spacial score (nSPS) is 16.9. The summed E-state index contributed by atoms with van der Waals surface area (Å²) in [5, 5.41) is 2.88. The van der Waals surface area contributed by atoms with Gasteiger partial charge in [0.2, 0.25) is 11.8 Å². The molecular formula is C27H34N4O4. The van der Waals surface area contributed by atoms with Crippen molar-refractivity contribution < 1.29 is 19.1 Å². The van der Waals surface area contributed by atoms with Gasteiger partial charge in [0.25, 0.3) is 5.91 Å². The number of fused-ring (bicyclic) bond motifs is 3. The van der Waals surface area contributed by atoms with Gasteiger partial charge in [0, 0.05) is 30.9 Å². The summed E-state index contributed by atoms with van der Waals surface area (Å²) in [6.45, 7) is 8.25. The molecule has 0 bridgehead atoms. The predicted molar refractivity (Wildman–Crippen MR) is 137 cm³/mol. The number of hydrogen-bond acceptors (Lipinski definition) is 5. The van der Waals surface area contributed by atoms with Gasteiger partial charge in [-0.1, -0.05) is 0 Å². The fourth-order valence-electron chi connectivity index (χ4n) is 4.89. The Morgan fingerprint density at radius 1 is 1.03 bits per heavy atom. The zero-order chi connectivity index (χ0) is 24.9. The van der Waals surface area contributed by atoms with Crippen LogP contribution in [0.1, 0.15) is 50.4 Å². The maximum absolute atomic E-state index is 13.5. The van der Waals surface area contributed by atoms with E-state index in [-0.39, 0.29) is 30.3 Å². The summed E-state index contributed by atoms with van der Waals surface area (Å²) >= 11 is 0. The van der Waals surface area contributed by atoms with Crippen molar-refractivity contribution in [3.05, 3.63) is 48.0 Å². The molecule has 0 saturated carbocycles. The summed E-state index contributed by atoms with van der Waals surface area (Å²) < 4.78 is 5.45. The average Bonchev–Trinajstić information content (AvgIpc) is 2.88. The van der Waals surface area contributed by atoms with E-state index in [1.807, 2.05) is 32.9 Å². The van der Waals surface area contributed by atoms with Crippen molar-refractivity contribution in [2.45, 2.75) is 46.1 Å². The maximum atomic E-state index is 13.5. The molecule has 4 rings (SSSR count). The quantitative estimate of drug-likeness (QED) is 0.622. The summed E-state index contributed by atoms with van der Waals surface area (Å²) in [5.74, 6) is 0.267. The van der Waals surface area contributed by atoms with Crippen molar-refractivity contribution in [2.75, 3.05) is 47.9 Å². The van der Waals surface area contributed by atoms with Gasteiger partial charge in [-0.15, -0.1) is 0 Å². The Bertz CT molecular complexity index is 1080. The van der Waals surface area contributed by atoms with E-state index in [0.717, 1.165) is 37.2 Å². The molecule has 0 spiro atoms. The molecule has 35 heavy (non-hydrogen) atoms. The zero-order valence-corrected chi connectivity index (χ0v) is 20.8.